The van der Waals surface area contributed by atoms with Gasteiger partial charge in [0.05, 0.1) is 7.11 Å². The van der Waals surface area contributed by atoms with Gasteiger partial charge in [0.25, 0.3) is 0 Å². The predicted molar refractivity (Wildman–Crippen MR) is 79.6 cm³/mol. The summed E-state index contributed by atoms with van der Waals surface area (Å²) in [5.41, 5.74) is 5.40. The van der Waals surface area contributed by atoms with Crippen LogP contribution in [0.5, 0.6) is 5.75 Å². The van der Waals surface area contributed by atoms with E-state index >= 15 is 0 Å². The highest BCUT2D eigenvalue weighted by atomic mass is 16.5. The zero-order valence-corrected chi connectivity index (χ0v) is 12.5. The van der Waals surface area contributed by atoms with E-state index in [0.717, 1.165) is 25.0 Å². The fourth-order valence-corrected chi connectivity index (χ4v) is 2.22. The average Bonchev–Trinajstić information content (AvgIpc) is 2.34. The van der Waals surface area contributed by atoms with E-state index in [4.69, 9.17) is 4.74 Å². The van der Waals surface area contributed by atoms with Gasteiger partial charge in [-0.2, -0.15) is 0 Å². The summed E-state index contributed by atoms with van der Waals surface area (Å²) in [6.07, 6.45) is 3.19. The molecule has 0 radical (unpaired) electrons. The van der Waals surface area contributed by atoms with Gasteiger partial charge in [0.1, 0.15) is 5.75 Å². The third-order valence-corrected chi connectivity index (χ3v) is 3.38. The minimum Gasteiger partial charge on any atom is -0.496 e. The minimum atomic E-state index is 0.500. The molecule has 100 valence electrons. The lowest BCUT2D eigenvalue weighted by molar-refractivity contribution is 0.406. The largest absolute Gasteiger partial charge is 0.496 e. The second kappa shape index (κ2) is 6.63. The highest BCUT2D eigenvalue weighted by Gasteiger charge is 2.12. The monoisotopic (exact) mass is 246 g/mol. The number of benzene rings is 1. The number of rotatable bonds is 6. The van der Waals surface area contributed by atoms with Crippen LogP contribution in [0.4, 0.5) is 0 Å². The lowest BCUT2D eigenvalue weighted by Crippen LogP contribution is -2.01. The van der Waals surface area contributed by atoms with Gasteiger partial charge in [-0.15, -0.1) is 6.58 Å². The van der Waals surface area contributed by atoms with E-state index in [0.29, 0.717) is 5.92 Å². The number of hydrogen-bond acceptors (Lipinski definition) is 1. The van der Waals surface area contributed by atoms with Crippen LogP contribution in [0.1, 0.15) is 56.7 Å². The molecule has 1 nitrogen and oxygen atoms in total. The molecule has 0 heterocycles. The summed E-state index contributed by atoms with van der Waals surface area (Å²) in [4.78, 5) is 0. The molecule has 0 spiro atoms. The van der Waals surface area contributed by atoms with Crippen molar-refractivity contribution in [1.29, 1.82) is 0 Å². The van der Waals surface area contributed by atoms with Crippen LogP contribution in [0, 0.1) is 0 Å². The van der Waals surface area contributed by atoms with E-state index in [1.165, 1.54) is 22.3 Å². The molecule has 0 aromatic heterocycles. The van der Waals surface area contributed by atoms with Crippen molar-refractivity contribution in [3.05, 3.63) is 41.0 Å². The Kier molecular flexibility index (Phi) is 5.46. The zero-order chi connectivity index (χ0) is 13.7. The molecule has 0 aliphatic heterocycles. The van der Waals surface area contributed by atoms with Gasteiger partial charge in [-0.1, -0.05) is 32.4 Å². The first-order chi connectivity index (χ1) is 8.49. The van der Waals surface area contributed by atoms with E-state index in [1.807, 2.05) is 0 Å². The summed E-state index contributed by atoms with van der Waals surface area (Å²) in [6, 6.07) is 4.54. The maximum atomic E-state index is 5.53. The molecule has 0 N–H and O–H groups in total. The van der Waals surface area contributed by atoms with Crippen LogP contribution in [0.2, 0.25) is 0 Å². The van der Waals surface area contributed by atoms with E-state index < -0.39 is 0 Å². The summed E-state index contributed by atoms with van der Waals surface area (Å²) >= 11 is 0. The quantitative estimate of drug-likeness (QED) is 0.649. The molecule has 18 heavy (non-hydrogen) atoms. The van der Waals surface area contributed by atoms with Crippen LogP contribution in [0.3, 0.4) is 0 Å². The van der Waals surface area contributed by atoms with Gasteiger partial charge in [0.15, 0.2) is 0 Å². The molecule has 0 saturated heterocycles. The fourth-order valence-electron chi connectivity index (χ4n) is 2.22. The van der Waals surface area contributed by atoms with Crippen molar-refractivity contribution < 1.29 is 4.74 Å². The van der Waals surface area contributed by atoms with Crippen LogP contribution in [0.25, 0.3) is 0 Å². The van der Waals surface area contributed by atoms with E-state index in [9.17, 15) is 0 Å². The Labute approximate surface area is 112 Å². The van der Waals surface area contributed by atoms with Gasteiger partial charge in [-0.3, -0.25) is 0 Å². The van der Waals surface area contributed by atoms with E-state index in [-0.39, 0.29) is 0 Å². The van der Waals surface area contributed by atoms with Crippen molar-refractivity contribution in [3.63, 3.8) is 0 Å². The molecular weight excluding hydrogens is 220 g/mol. The van der Waals surface area contributed by atoms with Gasteiger partial charge in [0.2, 0.25) is 0 Å². The molecule has 0 amide bonds. The summed E-state index contributed by atoms with van der Waals surface area (Å²) in [5, 5.41) is 0. The second-order valence-corrected chi connectivity index (χ2v) is 5.33. The van der Waals surface area contributed by atoms with Crippen LogP contribution in [0.15, 0.2) is 24.3 Å². The molecule has 0 unspecified atom stereocenters. The van der Waals surface area contributed by atoms with Crippen molar-refractivity contribution >= 4 is 0 Å². The Bertz CT molecular complexity index is 416. The Morgan fingerprint density at radius 2 is 1.94 bits per heavy atom. The summed E-state index contributed by atoms with van der Waals surface area (Å²) < 4.78 is 5.53. The lowest BCUT2D eigenvalue weighted by atomic mass is 9.92. The first-order valence-electron chi connectivity index (χ1n) is 6.83. The van der Waals surface area contributed by atoms with Gasteiger partial charge in [-0.25, -0.2) is 0 Å². The molecule has 1 aromatic carbocycles. The molecule has 0 aliphatic carbocycles. The Morgan fingerprint density at radius 3 is 2.39 bits per heavy atom. The second-order valence-electron chi connectivity index (χ2n) is 5.33. The number of methoxy groups -OCH3 is 1. The van der Waals surface area contributed by atoms with E-state index in [1.54, 1.807) is 7.11 Å². The normalized spacial score (nSPS) is 10.8. The Morgan fingerprint density at radius 1 is 1.28 bits per heavy atom. The third-order valence-electron chi connectivity index (χ3n) is 3.38. The maximum Gasteiger partial charge on any atom is 0.122 e. The highest BCUT2D eigenvalue weighted by Crippen LogP contribution is 2.31. The smallest absolute Gasteiger partial charge is 0.122 e. The predicted octanol–water partition coefficient (Wildman–Crippen LogP) is 4.89. The van der Waals surface area contributed by atoms with Gasteiger partial charge >= 0.3 is 0 Å². The molecule has 1 rings (SSSR count). The minimum absolute atomic E-state index is 0.500. The maximum absolute atomic E-state index is 5.53. The van der Waals surface area contributed by atoms with Gasteiger partial charge < -0.3 is 4.74 Å². The SMILES string of the molecule is C=C(C)CCc1cc(OC)c(C(C)C)cc1CC. The van der Waals surface area contributed by atoms with Crippen molar-refractivity contribution in [2.75, 3.05) is 7.11 Å². The fraction of sp³-hybridized carbons (Fsp3) is 0.529. The van der Waals surface area contributed by atoms with E-state index in [2.05, 4.69) is 46.4 Å². The topological polar surface area (TPSA) is 9.23 Å². The summed E-state index contributed by atoms with van der Waals surface area (Å²) in [5.74, 6) is 1.53. The Hall–Kier alpha value is -1.24. The van der Waals surface area contributed by atoms with Crippen molar-refractivity contribution in [3.8, 4) is 5.75 Å². The van der Waals surface area contributed by atoms with Gasteiger partial charge in [0, 0.05) is 0 Å². The average molecular weight is 246 g/mol. The van der Waals surface area contributed by atoms with Crippen LogP contribution < -0.4 is 4.74 Å². The molecule has 0 fully saturated rings. The third kappa shape index (κ3) is 3.63. The zero-order valence-electron chi connectivity index (χ0n) is 12.5. The molecule has 0 saturated carbocycles. The molecule has 1 aromatic rings. The summed E-state index contributed by atoms with van der Waals surface area (Å²) in [6.45, 7) is 12.7. The first-order valence-corrected chi connectivity index (χ1v) is 6.83. The van der Waals surface area contributed by atoms with Crippen LogP contribution in [-0.4, -0.2) is 7.11 Å². The number of allylic oxidation sites excluding steroid dienone is 1. The highest BCUT2D eigenvalue weighted by molar-refractivity contribution is 5.44. The molecule has 0 atom stereocenters. The van der Waals surface area contributed by atoms with Crippen molar-refractivity contribution in [1.82, 2.24) is 0 Å². The number of hydrogen-bond donors (Lipinski definition) is 0. The van der Waals surface area contributed by atoms with Crippen molar-refractivity contribution in [2.45, 2.75) is 52.9 Å². The Balaban J connectivity index is 3.13. The van der Waals surface area contributed by atoms with Gasteiger partial charge in [-0.05, 0) is 54.9 Å². The van der Waals surface area contributed by atoms with Crippen LogP contribution >= 0.6 is 0 Å². The molecule has 1 heteroatoms. The molecular formula is C17H26O. The summed E-state index contributed by atoms with van der Waals surface area (Å²) in [7, 11) is 1.76. The first kappa shape index (κ1) is 14.8. The lowest BCUT2D eigenvalue weighted by Gasteiger charge is -2.17. The number of aryl methyl sites for hydroxylation is 2. The molecule has 0 aliphatic rings. The van der Waals surface area contributed by atoms with Crippen LogP contribution in [-0.2, 0) is 12.8 Å². The number of ether oxygens (including phenoxy) is 1. The standard InChI is InChI=1S/C17H26O/c1-7-14-10-16(13(4)5)17(18-6)11-15(14)9-8-12(2)3/h10-11,13H,2,7-9H2,1,3-6H3. The van der Waals surface area contributed by atoms with Crippen molar-refractivity contribution in [2.24, 2.45) is 0 Å². The molecule has 0 bridgehead atoms.